The lowest BCUT2D eigenvalue weighted by Gasteiger charge is -1.98. The van der Waals surface area contributed by atoms with Gasteiger partial charge in [-0.25, -0.2) is 4.68 Å². The van der Waals surface area contributed by atoms with Crippen molar-refractivity contribution in [2.75, 3.05) is 0 Å². The van der Waals surface area contributed by atoms with Crippen LogP contribution in [0.1, 0.15) is 0 Å². The molecule has 0 aliphatic heterocycles. The minimum Gasteiger partial charge on any atom is -0.267 e. The van der Waals surface area contributed by atoms with Gasteiger partial charge < -0.3 is 0 Å². The van der Waals surface area contributed by atoms with Gasteiger partial charge in [-0.05, 0) is 6.07 Å². The molecule has 3 nitrogen and oxygen atoms in total. The van der Waals surface area contributed by atoms with Crippen molar-refractivity contribution in [3.05, 3.63) is 47.4 Å². The molecule has 13 heavy (non-hydrogen) atoms. The van der Waals surface area contributed by atoms with Gasteiger partial charge in [-0.1, -0.05) is 24.8 Å². The molecule has 0 radical (unpaired) electrons. The average Bonchev–Trinajstić information content (AvgIpc) is 2.19. The van der Waals surface area contributed by atoms with E-state index in [1.807, 2.05) is 18.2 Å². The van der Waals surface area contributed by atoms with E-state index in [1.165, 1.54) is 10.9 Å². The van der Waals surface area contributed by atoms with E-state index < -0.39 is 0 Å². The zero-order chi connectivity index (χ0) is 9.26. The Balaban J connectivity index is 2.95. The largest absolute Gasteiger partial charge is 0.278 e. The van der Waals surface area contributed by atoms with Crippen molar-refractivity contribution < 1.29 is 0 Å². The molecule has 64 valence electrons. The zero-order valence-electron chi connectivity index (χ0n) is 6.97. The highest BCUT2D eigenvalue weighted by atomic mass is 16.1. The first-order chi connectivity index (χ1) is 6.33. The van der Waals surface area contributed by atoms with Gasteiger partial charge in [-0.3, -0.25) is 4.79 Å². The summed E-state index contributed by atoms with van der Waals surface area (Å²) in [5, 5.41) is 5.43. The van der Waals surface area contributed by atoms with E-state index in [-0.39, 0.29) is 5.56 Å². The summed E-state index contributed by atoms with van der Waals surface area (Å²) in [6.45, 7) is 3.50. The van der Waals surface area contributed by atoms with Gasteiger partial charge in [-0.2, -0.15) is 5.10 Å². The van der Waals surface area contributed by atoms with Gasteiger partial charge in [0.2, 0.25) is 0 Å². The number of benzene rings is 1. The van der Waals surface area contributed by atoms with Crippen molar-refractivity contribution in [3.63, 3.8) is 0 Å². The van der Waals surface area contributed by atoms with E-state index in [2.05, 4.69) is 11.7 Å². The van der Waals surface area contributed by atoms with Crippen molar-refractivity contribution in [2.24, 2.45) is 0 Å². The standard InChI is InChI=1S/C10H8N2O/c1-2-12-10(13)9-6-4-3-5-8(9)7-11-12/h2-7H,1H2. The molecule has 2 rings (SSSR count). The van der Waals surface area contributed by atoms with Crippen molar-refractivity contribution in [3.8, 4) is 0 Å². The molecule has 1 heterocycles. The van der Waals surface area contributed by atoms with Crippen LogP contribution in [0.2, 0.25) is 0 Å². The van der Waals surface area contributed by atoms with Gasteiger partial charge in [0.15, 0.2) is 0 Å². The topological polar surface area (TPSA) is 34.9 Å². The average molecular weight is 172 g/mol. The quantitative estimate of drug-likeness (QED) is 0.653. The lowest BCUT2D eigenvalue weighted by Crippen LogP contribution is -2.17. The first kappa shape index (κ1) is 7.73. The Bertz CT molecular complexity index is 514. The maximum absolute atomic E-state index is 11.6. The van der Waals surface area contributed by atoms with Crippen molar-refractivity contribution in [1.29, 1.82) is 0 Å². The SMILES string of the molecule is C=Cn1ncc2ccccc2c1=O. The smallest absolute Gasteiger partial charge is 0.267 e. The molecule has 0 bridgehead atoms. The normalized spacial score (nSPS) is 10.2. The lowest BCUT2D eigenvalue weighted by atomic mass is 10.2. The molecule has 1 aromatic carbocycles. The van der Waals surface area contributed by atoms with E-state index in [1.54, 1.807) is 12.3 Å². The maximum Gasteiger partial charge on any atom is 0.278 e. The fourth-order valence-electron chi connectivity index (χ4n) is 1.23. The van der Waals surface area contributed by atoms with E-state index in [9.17, 15) is 4.79 Å². The van der Waals surface area contributed by atoms with Crippen LogP contribution in [0.3, 0.4) is 0 Å². The zero-order valence-corrected chi connectivity index (χ0v) is 6.97. The number of hydrogen-bond acceptors (Lipinski definition) is 2. The summed E-state index contributed by atoms with van der Waals surface area (Å²) in [5.41, 5.74) is -0.131. The molecule has 1 aromatic heterocycles. The molecule has 0 fully saturated rings. The Kier molecular flexibility index (Phi) is 1.70. The third-order valence-corrected chi connectivity index (χ3v) is 1.89. The second-order valence-electron chi connectivity index (χ2n) is 2.66. The Morgan fingerprint density at radius 3 is 2.92 bits per heavy atom. The van der Waals surface area contributed by atoms with Gasteiger partial charge in [0.05, 0.1) is 11.6 Å². The number of aromatic nitrogens is 2. The van der Waals surface area contributed by atoms with Crippen LogP contribution in [0.5, 0.6) is 0 Å². The van der Waals surface area contributed by atoms with Crippen molar-refractivity contribution >= 4 is 17.0 Å². The molecule has 0 aliphatic carbocycles. The van der Waals surface area contributed by atoms with Crippen LogP contribution in [0.4, 0.5) is 0 Å². The Morgan fingerprint density at radius 1 is 1.38 bits per heavy atom. The summed E-state index contributed by atoms with van der Waals surface area (Å²) in [7, 11) is 0. The second-order valence-corrected chi connectivity index (χ2v) is 2.66. The summed E-state index contributed by atoms with van der Waals surface area (Å²) < 4.78 is 1.22. The highest BCUT2D eigenvalue weighted by Crippen LogP contribution is 2.05. The summed E-state index contributed by atoms with van der Waals surface area (Å²) >= 11 is 0. The number of rotatable bonds is 1. The Morgan fingerprint density at radius 2 is 2.15 bits per heavy atom. The first-order valence-corrected chi connectivity index (χ1v) is 3.92. The monoisotopic (exact) mass is 172 g/mol. The number of fused-ring (bicyclic) bond motifs is 1. The molecule has 0 amide bonds. The predicted molar refractivity (Wildman–Crippen MR) is 52.4 cm³/mol. The minimum atomic E-state index is -0.131. The summed E-state index contributed by atoms with van der Waals surface area (Å²) in [4.78, 5) is 11.6. The van der Waals surface area contributed by atoms with Crippen molar-refractivity contribution in [2.45, 2.75) is 0 Å². The van der Waals surface area contributed by atoms with Gasteiger partial charge in [-0.15, -0.1) is 0 Å². The predicted octanol–water partition coefficient (Wildman–Crippen LogP) is 1.50. The fraction of sp³-hybridized carbons (Fsp3) is 0. The Labute approximate surface area is 74.9 Å². The summed E-state index contributed by atoms with van der Waals surface area (Å²) in [6, 6.07) is 7.34. The van der Waals surface area contributed by atoms with E-state index in [0.717, 1.165) is 5.39 Å². The van der Waals surface area contributed by atoms with Gasteiger partial charge in [0, 0.05) is 11.6 Å². The van der Waals surface area contributed by atoms with Crippen LogP contribution in [0.15, 0.2) is 41.8 Å². The number of hydrogen-bond donors (Lipinski definition) is 0. The molecule has 0 saturated heterocycles. The number of nitrogens with zero attached hydrogens (tertiary/aromatic N) is 2. The van der Waals surface area contributed by atoms with Gasteiger partial charge >= 0.3 is 0 Å². The molecule has 0 atom stereocenters. The first-order valence-electron chi connectivity index (χ1n) is 3.92. The van der Waals surface area contributed by atoms with Crippen LogP contribution in [-0.4, -0.2) is 9.78 Å². The van der Waals surface area contributed by atoms with Crippen LogP contribution in [0, 0.1) is 0 Å². The van der Waals surface area contributed by atoms with Crippen LogP contribution >= 0.6 is 0 Å². The van der Waals surface area contributed by atoms with E-state index >= 15 is 0 Å². The van der Waals surface area contributed by atoms with Gasteiger partial charge in [0.1, 0.15) is 0 Å². The third kappa shape index (κ3) is 1.14. The molecule has 0 aliphatic rings. The van der Waals surface area contributed by atoms with Crippen LogP contribution in [-0.2, 0) is 0 Å². The molecule has 0 unspecified atom stereocenters. The Hall–Kier alpha value is -1.90. The molecular weight excluding hydrogens is 164 g/mol. The molecule has 3 heteroatoms. The van der Waals surface area contributed by atoms with E-state index in [4.69, 9.17) is 0 Å². The summed E-state index contributed by atoms with van der Waals surface area (Å²) in [6.07, 6.45) is 3.05. The molecule has 2 aromatic rings. The van der Waals surface area contributed by atoms with Crippen molar-refractivity contribution in [1.82, 2.24) is 9.78 Å². The lowest BCUT2D eigenvalue weighted by molar-refractivity contribution is 0.870. The minimum absolute atomic E-state index is 0.131. The second kappa shape index (κ2) is 2.86. The van der Waals surface area contributed by atoms with Crippen LogP contribution < -0.4 is 5.56 Å². The van der Waals surface area contributed by atoms with E-state index in [0.29, 0.717) is 5.39 Å². The maximum atomic E-state index is 11.6. The molecule has 0 saturated carbocycles. The van der Waals surface area contributed by atoms with Gasteiger partial charge in [0.25, 0.3) is 5.56 Å². The molecular formula is C10H8N2O. The van der Waals surface area contributed by atoms with Crippen LogP contribution in [0.25, 0.3) is 17.0 Å². The molecule has 0 spiro atoms. The third-order valence-electron chi connectivity index (χ3n) is 1.89. The fourth-order valence-corrected chi connectivity index (χ4v) is 1.23. The molecule has 0 N–H and O–H groups in total. The summed E-state index contributed by atoms with van der Waals surface area (Å²) in [5.74, 6) is 0. The highest BCUT2D eigenvalue weighted by molar-refractivity contribution is 5.80. The highest BCUT2D eigenvalue weighted by Gasteiger charge is 1.99.